The predicted octanol–water partition coefficient (Wildman–Crippen LogP) is 6.47. The van der Waals surface area contributed by atoms with Gasteiger partial charge in [-0.3, -0.25) is 9.59 Å². The van der Waals surface area contributed by atoms with E-state index in [9.17, 15) is 19.5 Å². The zero-order chi connectivity index (χ0) is 31.1. The van der Waals surface area contributed by atoms with E-state index in [1.165, 1.54) is 6.92 Å². The van der Waals surface area contributed by atoms with E-state index in [0.717, 1.165) is 71.2 Å². The number of carbonyl (C=O) groups excluding carboxylic acids is 2. The maximum absolute atomic E-state index is 13.4. The molecule has 10 heteroatoms. The molecule has 2 amide bonds. The van der Waals surface area contributed by atoms with E-state index in [1.54, 1.807) is 4.90 Å². The van der Waals surface area contributed by atoms with E-state index < -0.39 is 11.5 Å². The second-order valence-electron chi connectivity index (χ2n) is 11.4. The molecule has 1 aromatic heterocycles. The summed E-state index contributed by atoms with van der Waals surface area (Å²) < 4.78 is 0. The normalized spacial score (nSPS) is 14.1. The van der Waals surface area contributed by atoms with Crippen LogP contribution in [-0.4, -0.2) is 54.0 Å². The van der Waals surface area contributed by atoms with E-state index in [-0.39, 0.29) is 18.4 Å². The second kappa shape index (κ2) is 13.6. The van der Waals surface area contributed by atoms with Crippen molar-refractivity contribution in [3.8, 4) is 33.6 Å². The number of unbranched alkanes of at least 4 members (excludes halogenated alkanes) is 1. The maximum Gasteiger partial charge on any atom is 0.329 e. The molecule has 3 aromatic carbocycles. The van der Waals surface area contributed by atoms with Crippen molar-refractivity contribution in [1.29, 1.82) is 0 Å². The summed E-state index contributed by atoms with van der Waals surface area (Å²) in [7, 11) is 0. The summed E-state index contributed by atoms with van der Waals surface area (Å²) in [6.07, 6.45) is 5.49. The van der Waals surface area contributed by atoms with Gasteiger partial charge in [-0.25, -0.2) is 4.79 Å². The van der Waals surface area contributed by atoms with Crippen LogP contribution in [0.5, 0.6) is 0 Å². The highest BCUT2D eigenvalue weighted by molar-refractivity contribution is 5.90. The summed E-state index contributed by atoms with van der Waals surface area (Å²) in [6.45, 7) is 3.75. The molecule has 3 N–H and O–H groups in total. The number of aromatic nitrogens is 4. The minimum absolute atomic E-state index is 0.100. The number of hydrogen-bond acceptors (Lipinski definition) is 6. The molecule has 0 unspecified atom stereocenters. The number of benzene rings is 3. The molecule has 0 bridgehead atoms. The lowest BCUT2D eigenvalue weighted by molar-refractivity contribution is -0.163. The third kappa shape index (κ3) is 6.69. The van der Waals surface area contributed by atoms with Gasteiger partial charge in [0.2, 0.25) is 17.6 Å². The number of aliphatic carboxylic acids is 1. The molecule has 5 rings (SSSR count). The molecule has 0 aliphatic heterocycles. The van der Waals surface area contributed by atoms with Crippen molar-refractivity contribution in [1.82, 2.24) is 25.5 Å². The van der Waals surface area contributed by atoms with E-state index in [2.05, 4.69) is 32.0 Å². The molecule has 1 heterocycles. The van der Waals surface area contributed by atoms with Crippen LogP contribution in [0.1, 0.15) is 70.8 Å². The Labute approximate surface area is 256 Å². The number of aromatic amines is 1. The van der Waals surface area contributed by atoms with Crippen molar-refractivity contribution in [2.24, 2.45) is 0 Å². The molecule has 228 valence electrons. The highest BCUT2D eigenvalue weighted by Crippen LogP contribution is 2.37. The Balaban J connectivity index is 1.47. The summed E-state index contributed by atoms with van der Waals surface area (Å²) in [5.74, 6) is -0.675. The van der Waals surface area contributed by atoms with Gasteiger partial charge in [-0.2, -0.15) is 5.21 Å². The van der Waals surface area contributed by atoms with Crippen molar-refractivity contribution in [2.75, 3.05) is 5.32 Å². The lowest BCUT2D eigenvalue weighted by atomic mass is 9.79. The Kier molecular flexibility index (Phi) is 9.47. The zero-order valence-electron chi connectivity index (χ0n) is 25.2. The number of carbonyl (C=O) groups is 3. The van der Waals surface area contributed by atoms with Crippen LogP contribution in [0.4, 0.5) is 5.69 Å². The van der Waals surface area contributed by atoms with Gasteiger partial charge in [-0.1, -0.05) is 75.1 Å². The summed E-state index contributed by atoms with van der Waals surface area (Å²) in [5, 5.41) is 27.8. The molecule has 1 saturated carbocycles. The van der Waals surface area contributed by atoms with Gasteiger partial charge in [0.1, 0.15) is 5.54 Å². The molecule has 0 spiro atoms. The van der Waals surface area contributed by atoms with Crippen molar-refractivity contribution < 1.29 is 19.5 Å². The van der Waals surface area contributed by atoms with Gasteiger partial charge in [0.05, 0.1) is 0 Å². The fourth-order valence-electron chi connectivity index (χ4n) is 6.03. The lowest BCUT2D eigenvalue weighted by Crippen LogP contribution is -2.57. The standard InChI is InChI=1S/C34H38N6O4/c1-3-4-8-31(42)40(34(33(43)44)19-6-5-7-20-34)22-24-9-11-26(12-10-24)30-21-27(15-18-29(30)32-36-38-39-37-32)25-13-16-28(17-14-25)35-23(2)41/h9-18,21H,3-8,19-20,22H2,1-2H3,(H,35,41)(H,43,44)(H,36,37,38,39). The number of carboxylic acids is 1. The molecule has 1 aliphatic carbocycles. The Morgan fingerprint density at radius 1 is 0.909 bits per heavy atom. The van der Waals surface area contributed by atoms with Crippen LogP contribution in [0.15, 0.2) is 66.7 Å². The minimum atomic E-state index is -1.17. The summed E-state index contributed by atoms with van der Waals surface area (Å²) in [6, 6.07) is 21.5. The average molecular weight is 595 g/mol. The van der Waals surface area contributed by atoms with E-state index in [0.29, 0.717) is 25.1 Å². The van der Waals surface area contributed by atoms with Gasteiger partial charge < -0.3 is 15.3 Å². The summed E-state index contributed by atoms with van der Waals surface area (Å²) in [5.41, 5.74) is 4.98. The Bertz CT molecular complexity index is 1590. The van der Waals surface area contributed by atoms with Crippen LogP contribution in [0.3, 0.4) is 0 Å². The number of nitrogens with one attached hydrogen (secondary N) is 2. The SMILES string of the molecule is CCCCC(=O)N(Cc1ccc(-c2cc(-c3ccc(NC(C)=O)cc3)ccc2-c2nn[nH]n2)cc1)C1(C(=O)O)CCCCC1. The Hall–Kier alpha value is -4.86. The molecular formula is C34H38N6O4. The van der Waals surface area contributed by atoms with Crippen LogP contribution in [0.25, 0.3) is 33.6 Å². The fraction of sp³-hybridized carbons (Fsp3) is 0.353. The van der Waals surface area contributed by atoms with Crippen LogP contribution in [0, 0.1) is 0 Å². The van der Waals surface area contributed by atoms with Crippen molar-refractivity contribution in [2.45, 2.75) is 77.3 Å². The van der Waals surface area contributed by atoms with Crippen LogP contribution in [0.2, 0.25) is 0 Å². The molecule has 0 atom stereocenters. The fourth-order valence-corrected chi connectivity index (χ4v) is 6.03. The van der Waals surface area contributed by atoms with Crippen LogP contribution in [-0.2, 0) is 20.9 Å². The zero-order valence-corrected chi connectivity index (χ0v) is 25.2. The first-order valence-electron chi connectivity index (χ1n) is 15.2. The smallest absolute Gasteiger partial charge is 0.329 e. The van der Waals surface area contributed by atoms with E-state index in [4.69, 9.17) is 0 Å². The molecule has 4 aromatic rings. The minimum Gasteiger partial charge on any atom is -0.479 e. The molecule has 1 fully saturated rings. The second-order valence-corrected chi connectivity index (χ2v) is 11.4. The van der Waals surface area contributed by atoms with Gasteiger partial charge in [-0.15, -0.1) is 10.2 Å². The number of carboxylic acid groups (broad SMARTS) is 1. The maximum atomic E-state index is 13.4. The van der Waals surface area contributed by atoms with Gasteiger partial charge in [0.15, 0.2) is 0 Å². The van der Waals surface area contributed by atoms with Crippen LogP contribution < -0.4 is 5.32 Å². The summed E-state index contributed by atoms with van der Waals surface area (Å²) >= 11 is 0. The monoisotopic (exact) mass is 594 g/mol. The largest absolute Gasteiger partial charge is 0.479 e. The number of hydrogen-bond donors (Lipinski definition) is 3. The van der Waals surface area contributed by atoms with Crippen molar-refractivity contribution in [3.63, 3.8) is 0 Å². The van der Waals surface area contributed by atoms with E-state index in [1.807, 2.05) is 67.6 Å². The van der Waals surface area contributed by atoms with Crippen molar-refractivity contribution >= 4 is 23.5 Å². The quantitative estimate of drug-likeness (QED) is 0.181. The van der Waals surface area contributed by atoms with Gasteiger partial charge in [0.25, 0.3) is 0 Å². The predicted molar refractivity (Wildman–Crippen MR) is 168 cm³/mol. The first kappa shape index (κ1) is 30.6. The van der Waals surface area contributed by atoms with Gasteiger partial charge in [-0.05, 0) is 76.6 Å². The summed E-state index contributed by atoms with van der Waals surface area (Å²) in [4.78, 5) is 39.2. The molecule has 44 heavy (non-hydrogen) atoms. The Morgan fingerprint density at radius 3 is 2.20 bits per heavy atom. The number of anilines is 1. The van der Waals surface area contributed by atoms with Gasteiger partial charge in [0, 0.05) is 31.1 Å². The molecular weight excluding hydrogens is 556 g/mol. The first-order chi connectivity index (χ1) is 21.3. The third-order valence-corrected chi connectivity index (χ3v) is 8.39. The topological polar surface area (TPSA) is 141 Å². The number of tetrazole rings is 1. The average Bonchev–Trinajstić information content (AvgIpc) is 3.58. The number of H-pyrrole nitrogens is 1. The van der Waals surface area contributed by atoms with Crippen molar-refractivity contribution in [3.05, 3.63) is 72.3 Å². The van der Waals surface area contributed by atoms with E-state index >= 15 is 0 Å². The molecule has 1 aliphatic rings. The highest BCUT2D eigenvalue weighted by atomic mass is 16.4. The Morgan fingerprint density at radius 2 is 1.59 bits per heavy atom. The number of amides is 2. The lowest BCUT2D eigenvalue weighted by Gasteiger charge is -2.43. The molecule has 0 saturated heterocycles. The van der Waals surface area contributed by atoms with Gasteiger partial charge >= 0.3 is 5.97 Å². The first-order valence-corrected chi connectivity index (χ1v) is 15.2. The van der Waals surface area contributed by atoms with Crippen LogP contribution >= 0.6 is 0 Å². The third-order valence-electron chi connectivity index (χ3n) is 8.39. The highest BCUT2D eigenvalue weighted by Gasteiger charge is 2.46. The molecule has 10 nitrogen and oxygen atoms in total. The number of nitrogens with zero attached hydrogens (tertiary/aromatic N) is 4. The number of rotatable bonds is 11. The molecule has 0 radical (unpaired) electrons.